The van der Waals surface area contributed by atoms with Gasteiger partial charge in [-0.3, -0.25) is 14.6 Å². The van der Waals surface area contributed by atoms with Crippen molar-refractivity contribution >= 4 is 17.5 Å². The van der Waals surface area contributed by atoms with Gasteiger partial charge in [0, 0.05) is 36.3 Å². The first-order chi connectivity index (χ1) is 20.1. The number of aliphatic imine (C=N–C) groups is 1. The van der Waals surface area contributed by atoms with E-state index in [-0.39, 0.29) is 57.9 Å². The Bertz CT molecular complexity index is 1420. The summed E-state index contributed by atoms with van der Waals surface area (Å²) < 4.78 is 16.6. The van der Waals surface area contributed by atoms with Crippen LogP contribution in [0.2, 0.25) is 0 Å². The average Bonchev–Trinajstić information content (AvgIpc) is 3.53. The molecule has 1 heterocycles. The van der Waals surface area contributed by atoms with E-state index in [1.165, 1.54) is 26.3 Å². The number of benzene rings is 2. The first-order valence-corrected chi connectivity index (χ1v) is 13.7. The van der Waals surface area contributed by atoms with Crippen LogP contribution in [-0.4, -0.2) is 94.5 Å². The zero-order chi connectivity index (χ0) is 30.3. The molecule has 0 radical (unpaired) electrons. The van der Waals surface area contributed by atoms with Crippen molar-refractivity contribution in [3.05, 3.63) is 51.6 Å². The molecule has 1 saturated carbocycles. The van der Waals surface area contributed by atoms with Crippen LogP contribution in [0.25, 0.3) is 0 Å². The average molecular weight is 586 g/mol. The monoisotopic (exact) mass is 585 g/mol. The van der Waals surface area contributed by atoms with Crippen LogP contribution in [0.4, 0.5) is 0 Å². The Morgan fingerprint density at radius 3 is 2.38 bits per heavy atom. The molecule has 2 aromatic rings. The normalized spacial score (nSPS) is 26.1. The second-order valence-electron chi connectivity index (χ2n) is 10.7. The van der Waals surface area contributed by atoms with E-state index < -0.39 is 48.9 Å². The number of nitrogens with two attached hydrogens (primary N) is 1. The Hall–Kier alpha value is -3.75. The van der Waals surface area contributed by atoms with Gasteiger partial charge >= 0.3 is 0 Å². The van der Waals surface area contributed by atoms with Gasteiger partial charge in [-0.15, -0.1) is 0 Å². The van der Waals surface area contributed by atoms with E-state index in [0.29, 0.717) is 5.56 Å². The number of ether oxygens (including phenoxy) is 3. The summed E-state index contributed by atoms with van der Waals surface area (Å²) in [6.45, 7) is -0.619. The van der Waals surface area contributed by atoms with Gasteiger partial charge in [-0.25, -0.2) is 0 Å². The summed E-state index contributed by atoms with van der Waals surface area (Å²) >= 11 is 0. The molecule has 0 bridgehead atoms. The molecule has 8 N–H and O–H groups in total. The standard InChI is InChI=1S/C29H35N3O10/c1-31-29(30)32-10-17-14(12-5-3-4-6-12)9-16-21(23(17)35)25(37)20-15(22(16)34)7-13(40-2)8-18(20)41-28-27(39)26(38)24(36)19(11-33)42-28/h7-9,12,19,24,26-28,33,35-36,38-39H,3-6,10-11H2,1-2H3,(H3,30,31,32). The molecule has 1 saturated heterocycles. The van der Waals surface area contributed by atoms with Gasteiger partial charge in [0.15, 0.2) is 11.7 Å². The fourth-order valence-electron chi connectivity index (χ4n) is 5.96. The number of fused-ring (bicyclic) bond motifs is 2. The zero-order valence-electron chi connectivity index (χ0n) is 23.2. The van der Waals surface area contributed by atoms with Crippen LogP contribution >= 0.6 is 0 Å². The second kappa shape index (κ2) is 11.9. The Kier molecular flexibility index (Phi) is 8.39. The zero-order valence-corrected chi connectivity index (χ0v) is 23.2. The van der Waals surface area contributed by atoms with Crippen LogP contribution < -0.4 is 20.5 Å². The minimum absolute atomic E-state index is 0.0415. The molecule has 2 aromatic carbocycles. The number of hydrogen-bond acceptors (Lipinski definition) is 11. The van der Waals surface area contributed by atoms with Crippen molar-refractivity contribution in [3.63, 3.8) is 0 Å². The quantitative estimate of drug-likeness (QED) is 0.145. The fourth-order valence-corrected chi connectivity index (χ4v) is 5.96. The molecule has 3 aliphatic rings. The van der Waals surface area contributed by atoms with Crippen molar-refractivity contribution in [2.24, 2.45) is 10.7 Å². The summed E-state index contributed by atoms with van der Waals surface area (Å²) in [5.74, 6) is -1.45. The van der Waals surface area contributed by atoms with Gasteiger partial charge in [0.1, 0.15) is 41.7 Å². The third-order valence-electron chi connectivity index (χ3n) is 8.27. The number of phenols is 1. The van der Waals surface area contributed by atoms with Gasteiger partial charge in [-0.05, 0) is 36.5 Å². The van der Waals surface area contributed by atoms with E-state index in [0.717, 1.165) is 31.2 Å². The van der Waals surface area contributed by atoms with Crippen LogP contribution in [0, 0.1) is 0 Å². The maximum Gasteiger partial charge on any atom is 0.229 e. The number of aliphatic hydroxyl groups excluding tert-OH is 4. The number of nitrogens with one attached hydrogen (secondary N) is 1. The second-order valence-corrected chi connectivity index (χ2v) is 10.7. The molecule has 1 aliphatic heterocycles. The van der Waals surface area contributed by atoms with Gasteiger partial charge in [0.05, 0.1) is 24.8 Å². The smallest absolute Gasteiger partial charge is 0.229 e. The lowest BCUT2D eigenvalue weighted by Gasteiger charge is -2.39. The van der Waals surface area contributed by atoms with Crippen LogP contribution in [0.3, 0.4) is 0 Å². The number of carbonyl (C=O) groups is 2. The van der Waals surface area contributed by atoms with Gasteiger partial charge in [-0.1, -0.05) is 12.8 Å². The van der Waals surface area contributed by atoms with E-state index in [9.17, 15) is 35.1 Å². The summed E-state index contributed by atoms with van der Waals surface area (Å²) in [6.07, 6.45) is -4.28. The molecule has 0 aromatic heterocycles. The summed E-state index contributed by atoms with van der Waals surface area (Å²) in [4.78, 5) is 31.9. The fraction of sp³-hybridized carbons (Fsp3) is 0.483. The first-order valence-electron chi connectivity index (χ1n) is 13.7. The Balaban J connectivity index is 1.62. The summed E-state index contributed by atoms with van der Waals surface area (Å²) in [7, 11) is 2.87. The molecule has 2 fully saturated rings. The first kappa shape index (κ1) is 29.7. The molecule has 226 valence electrons. The van der Waals surface area contributed by atoms with Crippen molar-refractivity contribution in [1.82, 2.24) is 5.32 Å². The van der Waals surface area contributed by atoms with Gasteiger partial charge < -0.3 is 50.8 Å². The summed E-state index contributed by atoms with van der Waals surface area (Å²) in [6, 6.07) is 4.36. The van der Waals surface area contributed by atoms with E-state index in [4.69, 9.17) is 19.9 Å². The Morgan fingerprint density at radius 1 is 1.05 bits per heavy atom. The number of guanidine groups is 1. The summed E-state index contributed by atoms with van der Waals surface area (Å²) in [5, 5.41) is 54.9. The van der Waals surface area contributed by atoms with E-state index in [1.54, 1.807) is 6.07 Å². The maximum atomic E-state index is 14.1. The predicted molar refractivity (Wildman–Crippen MR) is 148 cm³/mol. The highest BCUT2D eigenvalue weighted by Crippen LogP contribution is 2.45. The van der Waals surface area contributed by atoms with Crippen molar-refractivity contribution in [1.29, 1.82) is 0 Å². The number of phenolic OH excluding ortho intramolecular Hbond substituents is 1. The lowest BCUT2D eigenvalue weighted by atomic mass is 9.78. The van der Waals surface area contributed by atoms with Crippen LogP contribution in [-0.2, 0) is 11.3 Å². The Morgan fingerprint density at radius 2 is 1.74 bits per heavy atom. The van der Waals surface area contributed by atoms with Crippen molar-refractivity contribution in [3.8, 4) is 17.2 Å². The number of carbonyl (C=O) groups excluding carboxylic acids is 2. The maximum absolute atomic E-state index is 14.1. The lowest BCUT2D eigenvalue weighted by molar-refractivity contribution is -0.277. The molecule has 5 atom stereocenters. The number of ketones is 2. The molecule has 5 unspecified atom stereocenters. The minimum atomic E-state index is -1.77. The van der Waals surface area contributed by atoms with Crippen LogP contribution in [0.15, 0.2) is 23.2 Å². The highest BCUT2D eigenvalue weighted by molar-refractivity contribution is 6.30. The molecule has 42 heavy (non-hydrogen) atoms. The van der Waals surface area contributed by atoms with E-state index in [1.807, 2.05) is 0 Å². The Labute approximate surface area is 241 Å². The van der Waals surface area contributed by atoms with E-state index >= 15 is 0 Å². The molecule has 13 nitrogen and oxygen atoms in total. The number of nitrogens with zero attached hydrogens (tertiary/aromatic N) is 1. The minimum Gasteiger partial charge on any atom is -0.507 e. The molecular weight excluding hydrogens is 550 g/mol. The lowest BCUT2D eigenvalue weighted by Crippen LogP contribution is -2.60. The number of hydrogen-bond donors (Lipinski definition) is 7. The molecule has 13 heteroatoms. The highest BCUT2D eigenvalue weighted by atomic mass is 16.7. The number of rotatable bonds is 7. The largest absolute Gasteiger partial charge is 0.507 e. The number of aromatic hydroxyl groups is 1. The number of methoxy groups -OCH3 is 1. The van der Waals surface area contributed by atoms with Crippen molar-refractivity contribution < 1.29 is 49.3 Å². The van der Waals surface area contributed by atoms with Crippen LogP contribution in [0.1, 0.15) is 74.6 Å². The molecule has 0 spiro atoms. The topological polar surface area (TPSA) is 213 Å². The molecular formula is C29H35N3O10. The third kappa shape index (κ3) is 5.07. The molecule has 0 amide bonds. The van der Waals surface area contributed by atoms with Crippen LogP contribution in [0.5, 0.6) is 17.2 Å². The molecule has 5 rings (SSSR count). The number of aliphatic hydroxyl groups is 4. The van der Waals surface area contributed by atoms with Crippen molar-refractivity contribution in [2.75, 3.05) is 20.8 Å². The summed E-state index contributed by atoms with van der Waals surface area (Å²) in [5.41, 5.74) is 6.61. The highest BCUT2D eigenvalue weighted by Gasteiger charge is 2.46. The van der Waals surface area contributed by atoms with E-state index in [2.05, 4.69) is 10.3 Å². The van der Waals surface area contributed by atoms with Crippen molar-refractivity contribution in [2.45, 2.75) is 68.9 Å². The molecule has 2 aliphatic carbocycles. The van der Waals surface area contributed by atoms with Gasteiger partial charge in [0.25, 0.3) is 0 Å². The third-order valence-corrected chi connectivity index (χ3v) is 8.27. The van der Waals surface area contributed by atoms with Gasteiger partial charge in [0.2, 0.25) is 12.1 Å². The van der Waals surface area contributed by atoms with Gasteiger partial charge in [-0.2, -0.15) is 0 Å². The predicted octanol–water partition coefficient (Wildman–Crippen LogP) is 0.0466. The SMILES string of the molecule is CN=C(N)NCc1c(C2CCCC2)cc2c(c1O)C(=O)c1c(OC3OC(CO)C(O)C(O)C3O)cc(OC)cc1C2=O.